The van der Waals surface area contributed by atoms with Gasteiger partial charge in [0, 0.05) is 31.9 Å². The Balaban J connectivity index is 1.90. The van der Waals surface area contributed by atoms with Crippen LogP contribution >= 0.6 is 0 Å². The fourth-order valence-electron chi connectivity index (χ4n) is 1.99. The molecule has 0 amide bonds. The summed E-state index contributed by atoms with van der Waals surface area (Å²) in [6.45, 7) is 8.58. The molecule has 1 aromatic heterocycles. The molecule has 1 aliphatic carbocycles. The molecule has 0 spiro atoms. The van der Waals surface area contributed by atoms with Crippen molar-refractivity contribution in [2.75, 3.05) is 25.5 Å². The molecule has 0 saturated heterocycles. The van der Waals surface area contributed by atoms with Crippen molar-refractivity contribution in [3.8, 4) is 0 Å². The molecule has 1 aromatic rings. The number of hydrogen-bond donors (Lipinski definition) is 1. The van der Waals surface area contributed by atoms with Crippen molar-refractivity contribution < 1.29 is 0 Å². The zero-order chi connectivity index (χ0) is 12.3. The van der Waals surface area contributed by atoms with Crippen molar-refractivity contribution in [2.24, 2.45) is 0 Å². The van der Waals surface area contributed by atoms with E-state index >= 15 is 0 Å². The maximum atomic E-state index is 4.47. The lowest BCUT2D eigenvalue weighted by Gasteiger charge is -2.16. The second-order valence-electron chi connectivity index (χ2n) is 4.78. The molecule has 1 aliphatic rings. The Morgan fingerprint density at radius 2 is 2.41 bits per heavy atom. The summed E-state index contributed by atoms with van der Waals surface area (Å²) in [6.07, 6.45) is 6.68. The quantitative estimate of drug-likeness (QED) is 0.731. The van der Waals surface area contributed by atoms with Crippen LogP contribution in [0.15, 0.2) is 18.9 Å². The highest BCUT2D eigenvalue weighted by atomic mass is 15.2. The van der Waals surface area contributed by atoms with Gasteiger partial charge in [0.15, 0.2) is 0 Å². The van der Waals surface area contributed by atoms with Crippen LogP contribution in [-0.4, -0.2) is 40.6 Å². The summed E-state index contributed by atoms with van der Waals surface area (Å²) in [7, 11) is 2.21. The summed E-state index contributed by atoms with van der Waals surface area (Å²) < 4.78 is 2.19. The van der Waals surface area contributed by atoms with E-state index in [0.29, 0.717) is 0 Å². The van der Waals surface area contributed by atoms with Gasteiger partial charge in [-0.25, -0.2) is 4.98 Å². The van der Waals surface area contributed by atoms with Gasteiger partial charge in [-0.2, -0.15) is 0 Å². The van der Waals surface area contributed by atoms with Gasteiger partial charge in [-0.1, -0.05) is 6.08 Å². The fraction of sp³-hybridized carbons (Fsp3) is 0.615. The molecule has 94 valence electrons. The molecular formula is C13H22N4. The molecule has 0 radical (unpaired) electrons. The van der Waals surface area contributed by atoms with Crippen molar-refractivity contribution in [3.05, 3.63) is 24.5 Å². The van der Waals surface area contributed by atoms with Crippen molar-refractivity contribution in [1.29, 1.82) is 0 Å². The average Bonchev–Trinajstić information content (AvgIpc) is 3.08. The summed E-state index contributed by atoms with van der Waals surface area (Å²) in [6, 6.07) is 0.823. The van der Waals surface area contributed by atoms with E-state index in [1.165, 1.54) is 12.8 Å². The van der Waals surface area contributed by atoms with Crippen molar-refractivity contribution >= 4 is 5.95 Å². The van der Waals surface area contributed by atoms with Crippen LogP contribution < -0.4 is 5.32 Å². The molecule has 0 bridgehead atoms. The zero-order valence-electron chi connectivity index (χ0n) is 10.8. The minimum atomic E-state index is 0.759. The van der Waals surface area contributed by atoms with Gasteiger partial charge in [0.2, 0.25) is 5.95 Å². The largest absolute Gasteiger partial charge is 0.352 e. The van der Waals surface area contributed by atoms with Crippen LogP contribution in [0.3, 0.4) is 0 Å². The lowest BCUT2D eigenvalue weighted by molar-refractivity contribution is 0.310. The lowest BCUT2D eigenvalue weighted by atomic mass is 10.5. The van der Waals surface area contributed by atoms with Gasteiger partial charge in [0.05, 0.1) is 5.69 Å². The molecule has 0 aliphatic heterocycles. The van der Waals surface area contributed by atoms with E-state index in [4.69, 9.17) is 0 Å². The predicted octanol–water partition coefficient (Wildman–Crippen LogP) is 1.88. The van der Waals surface area contributed by atoms with Gasteiger partial charge in [0.1, 0.15) is 0 Å². The number of nitrogens with zero attached hydrogens (tertiary/aromatic N) is 3. The van der Waals surface area contributed by atoms with Crippen LogP contribution in [-0.2, 0) is 6.54 Å². The minimum Gasteiger partial charge on any atom is -0.352 e. The van der Waals surface area contributed by atoms with Gasteiger partial charge in [-0.3, -0.25) is 0 Å². The predicted molar refractivity (Wildman–Crippen MR) is 71.3 cm³/mol. The Hall–Kier alpha value is -1.29. The third-order valence-electron chi connectivity index (χ3n) is 3.17. The molecule has 2 rings (SSSR count). The number of rotatable bonds is 7. The Bertz CT molecular complexity index is 379. The highest BCUT2D eigenvalue weighted by Crippen LogP contribution is 2.25. The second-order valence-corrected chi connectivity index (χ2v) is 4.78. The highest BCUT2D eigenvalue weighted by Gasteiger charge is 2.25. The zero-order valence-corrected chi connectivity index (χ0v) is 10.8. The normalized spacial score (nSPS) is 15.2. The maximum absolute atomic E-state index is 4.47. The van der Waals surface area contributed by atoms with E-state index in [1.54, 1.807) is 0 Å². The van der Waals surface area contributed by atoms with Crippen molar-refractivity contribution in [3.63, 3.8) is 0 Å². The SMILES string of the molecule is C=CCNc1nc(C)cn1CCN(C)C1CC1. The van der Waals surface area contributed by atoms with Gasteiger partial charge < -0.3 is 14.8 Å². The molecule has 1 heterocycles. The first-order valence-corrected chi connectivity index (χ1v) is 6.29. The lowest BCUT2D eigenvalue weighted by Crippen LogP contribution is -2.25. The van der Waals surface area contributed by atoms with E-state index in [2.05, 4.69) is 39.6 Å². The highest BCUT2D eigenvalue weighted by molar-refractivity contribution is 5.29. The molecule has 0 aromatic carbocycles. The van der Waals surface area contributed by atoms with Gasteiger partial charge in [-0.05, 0) is 26.8 Å². The van der Waals surface area contributed by atoms with Crippen LogP contribution in [0.1, 0.15) is 18.5 Å². The summed E-state index contributed by atoms with van der Waals surface area (Å²) >= 11 is 0. The molecule has 1 saturated carbocycles. The third kappa shape index (κ3) is 3.33. The second kappa shape index (κ2) is 5.36. The molecular weight excluding hydrogens is 212 g/mol. The first-order chi connectivity index (χ1) is 8.20. The molecule has 0 unspecified atom stereocenters. The maximum Gasteiger partial charge on any atom is 0.203 e. The smallest absolute Gasteiger partial charge is 0.203 e. The van der Waals surface area contributed by atoms with Crippen LogP contribution in [0, 0.1) is 6.92 Å². The fourth-order valence-corrected chi connectivity index (χ4v) is 1.99. The average molecular weight is 234 g/mol. The van der Waals surface area contributed by atoms with Crippen molar-refractivity contribution in [2.45, 2.75) is 32.4 Å². The molecule has 1 fully saturated rings. The van der Waals surface area contributed by atoms with E-state index in [0.717, 1.165) is 37.3 Å². The first kappa shape index (κ1) is 12.2. The van der Waals surface area contributed by atoms with Crippen LogP contribution in [0.4, 0.5) is 5.95 Å². The Morgan fingerprint density at radius 1 is 1.65 bits per heavy atom. The number of nitrogens with one attached hydrogen (secondary N) is 1. The molecule has 1 N–H and O–H groups in total. The molecule has 4 heteroatoms. The van der Waals surface area contributed by atoms with Gasteiger partial charge in [0.25, 0.3) is 0 Å². The van der Waals surface area contributed by atoms with E-state index in [-0.39, 0.29) is 0 Å². The third-order valence-corrected chi connectivity index (χ3v) is 3.17. The first-order valence-electron chi connectivity index (χ1n) is 6.29. The Morgan fingerprint density at radius 3 is 3.06 bits per heavy atom. The van der Waals surface area contributed by atoms with E-state index in [1.807, 2.05) is 13.0 Å². The molecule has 4 nitrogen and oxygen atoms in total. The Kier molecular flexibility index (Phi) is 3.84. The summed E-state index contributed by atoms with van der Waals surface area (Å²) in [4.78, 5) is 6.91. The number of anilines is 1. The summed E-state index contributed by atoms with van der Waals surface area (Å²) in [5.41, 5.74) is 1.06. The Labute approximate surface area is 103 Å². The number of likely N-dealkylation sites (N-methyl/N-ethyl adjacent to an activating group) is 1. The van der Waals surface area contributed by atoms with Gasteiger partial charge in [-0.15, -0.1) is 6.58 Å². The van der Waals surface area contributed by atoms with Crippen molar-refractivity contribution in [1.82, 2.24) is 14.5 Å². The number of aromatic nitrogens is 2. The number of hydrogen-bond acceptors (Lipinski definition) is 3. The number of imidazole rings is 1. The van der Waals surface area contributed by atoms with Crippen LogP contribution in [0.2, 0.25) is 0 Å². The van der Waals surface area contributed by atoms with E-state index in [9.17, 15) is 0 Å². The monoisotopic (exact) mass is 234 g/mol. The summed E-state index contributed by atoms with van der Waals surface area (Å²) in [5.74, 6) is 0.951. The van der Waals surface area contributed by atoms with Crippen LogP contribution in [0.25, 0.3) is 0 Å². The van der Waals surface area contributed by atoms with Crippen LogP contribution in [0.5, 0.6) is 0 Å². The number of aryl methyl sites for hydroxylation is 1. The van der Waals surface area contributed by atoms with E-state index < -0.39 is 0 Å². The van der Waals surface area contributed by atoms with Gasteiger partial charge >= 0.3 is 0 Å². The topological polar surface area (TPSA) is 33.1 Å². The summed E-state index contributed by atoms with van der Waals surface area (Å²) in [5, 5.41) is 3.27. The standard InChI is InChI=1S/C13H22N4/c1-4-7-14-13-15-11(2)10-17(13)9-8-16(3)12-5-6-12/h4,10,12H,1,5-9H2,2-3H3,(H,14,15). The minimum absolute atomic E-state index is 0.759. The molecule has 17 heavy (non-hydrogen) atoms. The molecule has 0 atom stereocenters.